The lowest BCUT2D eigenvalue weighted by Gasteiger charge is -2.09. The molecular weight excluding hydrogens is 287 g/mol. The van der Waals surface area contributed by atoms with Gasteiger partial charge < -0.3 is 19.8 Å². The molecule has 7 heteroatoms. The van der Waals surface area contributed by atoms with Gasteiger partial charge in [0, 0.05) is 24.0 Å². The topological polar surface area (TPSA) is 75.2 Å². The standard InChI is InChI=1S/C15H13FN4O2/c1-21-11-4-5-18-15(7-11)22-13-3-2-10(6-12(13)16)20-8-14(17)19-9-20/h2-9H,17H2,1H3. The Bertz CT molecular complexity index is 804. The third kappa shape index (κ3) is 2.83. The molecule has 0 spiro atoms. The maximum Gasteiger partial charge on any atom is 0.223 e. The van der Waals surface area contributed by atoms with Gasteiger partial charge in [0.05, 0.1) is 13.3 Å². The van der Waals surface area contributed by atoms with Gasteiger partial charge in [-0.05, 0) is 18.2 Å². The Morgan fingerprint density at radius 3 is 2.73 bits per heavy atom. The first kappa shape index (κ1) is 13.9. The van der Waals surface area contributed by atoms with Gasteiger partial charge in [0.2, 0.25) is 5.88 Å². The van der Waals surface area contributed by atoms with Gasteiger partial charge in [-0.25, -0.2) is 14.4 Å². The molecule has 0 saturated carbocycles. The zero-order valence-electron chi connectivity index (χ0n) is 11.7. The summed E-state index contributed by atoms with van der Waals surface area (Å²) in [6.07, 6.45) is 4.63. The highest BCUT2D eigenvalue weighted by Crippen LogP contribution is 2.27. The second-order valence-corrected chi connectivity index (χ2v) is 4.46. The number of methoxy groups -OCH3 is 1. The van der Waals surface area contributed by atoms with Crippen LogP contribution in [0.4, 0.5) is 10.2 Å². The molecule has 0 radical (unpaired) electrons. The molecule has 2 N–H and O–H groups in total. The summed E-state index contributed by atoms with van der Waals surface area (Å²) >= 11 is 0. The lowest BCUT2D eigenvalue weighted by Crippen LogP contribution is -1.95. The zero-order chi connectivity index (χ0) is 15.5. The summed E-state index contributed by atoms with van der Waals surface area (Å²) < 4.78 is 26.3. The summed E-state index contributed by atoms with van der Waals surface area (Å²) in [5.41, 5.74) is 6.13. The second-order valence-electron chi connectivity index (χ2n) is 4.46. The van der Waals surface area contributed by atoms with Crippen molar-refractivity contribution in [3.8, 4) is 23.1 Å². The van der Waals surface area contributed by atoms with Crippen LogP contribution < -0.4 is 15.2 Å². The van der Waals surface area contributed by atoms with Crippen molar-refractivity contribution in [1.29, 1.82) is 0 Å². The average molecular weight is 300 g/mol. The van der Waals surface area contributed by atoms with E-state index in [1.54, 1.807) is 29.0 Å². The number of ether oxygens (including phenoxy) is 2. The molecular formula is C15H13FN4O2. The molecule has 0 aliphatic rings. The lowest BCUT2D eigenvalue weighted by atomic mass is 10.3. The first-order valence-electron chi connectivity index (χ1n) is 6.43. The summed E-state index contributed by atoms with van der Waals surface area (Å²) in [5.74, 6) is 0.738. The summed E-state index contributed by atoms with van der Waals surface area (Å²) in [7, 11) is 1.53. The number of imidazole rings is 1. The largest absolute Gasteiger partial charge is 0.497 e. The van der Waals surface area contributed by atoms with Gasteiger partial charge in [0.15, 0.2) is 11.6 Å². The molecule has 2 aromatic heterocycles. The number of hydrogen-bond donors (Lipinski definition) is 1. The van der Waals surface area contributed by atoms with Gasteiger partial charge in [-0.15, -0.1) is 0 Å². The van der Waals surface area contributed by atoms with E-state index in [9.17, 15) is 4.39 Å². The monoisotopic (exact) mass is 300 g/mol. The van der Waals surface area contributed by atoms with Gasteiger partial charge in [-0.3, -0.25) is 0 Å². The highest BCUT2D eigenvalue weighted by molar-refractivity contribution is 5.42. The van der Waals surface area contributed by atoms with Crippen molar-refractivity contribution in [2.45, 2.75) is 0 Å². The van der Waals surface area contributed by atoms with Crippen molar-refractivity contribution in [2.24, 2.45) is 0 Å². The van der Waals surface area contributed by atoms with Crippen LogP contribution in [-0.4, -0.2) is 21.6 Å². The second kappa shape index (κ2) is 5.72. The molecule has 0 amide bonds. The zero-order valence-corrected chi connectivity index (χ0v) is 11.7. The fourth-order valence-electron chi connectivity index (χ4n) is 1.90. The van der Waals surface area contributed by atoms with Crippen LogP contribution >= 0.6 is 0 Å². The van der Waals surface area contributed by atoms with E-state index in [1.165, 1.54) is 31.8 Å². The Labute approximate surface area is 126 Å². The van der Waals surface area contributed by atoms with Crippen LogP contribution in [0.3, 0.4) is 0 Å². The van der Waals surface area contributed by atoms with Crippen molar-refractivity contribution in [3.05, 3.63) is 54.9 Å². The van der Waals surface area contributed by atoms with Crippen molar-refractivity contribution >= 4 is 5.82 Å². The van der Waals surface area contributed by atoms with E-state index in [4.69, 9.17) is 15.2 Å². The van der Waals surface area contributed by atoms with Crippen LogP contribution in [0.25, 0.3) is 5.69 Å². The third-order valence-corrected chi connectivity index (χ3v) is 2.97. The predicted octanol–water partition coefficient (Wildman–Crippen LogP) is 2.79. The number of halogens is 1. The SMILES string of the molecule is COc1ccnc(Oc2ccc(-n3cnc(N)c3)cc2F)c1. The molecule has 0 fully saturated rings. The highest BCUT2D eigenvalue weighted by Gasteiger charge is 2.09. The number of benzene rings is 1. The van der Waals surface area contributed by atoms with E-state index in [2.05, 4.69) is 9.97 Å². The van der Waals surface area contributed by atoms with Crippen LogP contribution in [0.1, 0.15) is 0 Å². The minimum atomic E-state index is -0.519. The fraction of sp³-hybridized carbons (Fsp3) is 0.0667. The van der Waals surface area contributed by atoms with Crippen LogP contribution in [0.5, 0.6) is 17.4 Å². The first-order valence-corrected chi connectivity index (χ1v) is 6.43. The number of hydrogen-bond acceptors (Lipinski definition) is 5. The molecule has 3 aromatic rings. The van der Waals surface area contributed by atoms with Crippen LogP contribution in [0.2, 0.25) is 0 Å². The van der Waals surface area contributed by atoms with E-state index in [0.29, 0.717) is 17.3 Å². The van der Waals surface area contributed by atoms with Gasteiger partial charge in [-0.1, -0.05) is 0 Å². The van der Waals surface area contributed by atoms with Crippen LogP contribution in [0, 0.1) is 5.82 Å². The number of nitrogens with zero attached hydrogens (tertiary/aromatic N) is 3. The number of pyridine rings is 1. The molecule has 3 rings (SSSR count). The number of nitrogens with two attached hydrogens (primary N) is 1. The molecule has 0 atom stereocenters. The maximum absolute atomic E-state index is 14.2. The molecule has 112 valence electrons. The van der Waals surface area contributed by atoms with E-state index < -0.39 is 5.82 Å². The molecule has 0 aliphatic heterocycles. The van der Waals surface area contributed by atoms with Crippen LogP contribution in [0.15, 0.2) is 49.1 Å². The van der Waals surface area contributed by atoms with Gasteiger partial charge in [0.1, 0.15) is 17.9 Å². The van der Waals surface area contributed by atoms with Gasteiger partial charge in [0.25, 0.3) is 0 Å². The minimum Gasteiger partial charge on any atom is -0.497 e. The Hall–Kier alpha value is -3.09. The number of anilines is 1. The Balaban J connectivity index is 1.86. The summed E-state index contributed by atoms with van der Waals surface area (Å²) in [6, 6.07) is 7.79. The molecule has 0 saturated heterocycles. The molecule has 1 aromatic carbocycles. The van der Waals surface area contributed by atoms with E-state index >= 15 is 0 Å². The Morgan fingerprint density at radius 2 is 2.05 bits per heavy atom. The maximum atomic E-state index is 14.2. The Kier molecular flexibility index (Phi) is 3.61. The average Bonchev–Trinajstić information content (AvgIpc) is 2.96. The number of rotatable bonds is 4. The fourth-order valence-corrected chi connectivity index (χ4v) is 1.90. The number of nitrogen functional groups attached to an aromatic ring is 1. The molecule has 2 heterocycles. The molecule has 22 heavy (non-hydrogen) atoms. The lowest BCUT2D eigenvalue weighted by molar-refractivity contribution is 0.398. The van der Waals surface area contributed by atoms with Crippen molar-refractivity contribution in [3.63, 3.8) is 0 Å². The van der Waals surface area contributed by atoms with Crippen molar-refractivity contribution in [1.82, 2.24) is 14.5 Å². The molecule has 6 nitrogen and oxygen atoms in total. The molecule has 0 aliphatic carbocycles. The minimum absolute atomic E-state index is 0.0672. The highest BCUT2D eigenvalue weighted by atomic mass is 19.1. The van der Waals surface area contributed by atoms with Crippen molar-refractivity contribution < 1.29 is 13.9 Å². The number of aromatic nitrogens is 3. The van der Waals surface area contributed by atoms with Gasteiger partial charge in [-0.2, -0.15) is 0 Å². The predicted molar refractivity (Wildman–Crippen MR) is 78.8 cm³/mol. The van der Waals surface area contributed by atoms with E-state index in [0.717, 1.165) is 0 Å². The van der Waals surface area contributed by atoms with E-state index in [-0.39, 0.29) is 11.6 Å². The summed E-state index contributed by atoms with van der Waals surface area (Å²) in [4.78, 5) is 7.90. The van der Waals surface area contributed by atoms with Crippen molar-refractivity contribution in [2.75, 3.05) is 12.8 Å². The normalized spacial score (nSPS) is 10.5. The third-order valence-electron chi connectivity index (χ3n) is 2.97. The molecule has 0 bridgehead atoms. The Morgan fingerprint density at radius 1 is 1.18 bits per heavy atom. The summed E-state index contributed by atoms with van der Waals surface area (Å²) in [6.45, 7) is 0. The van der Waals surface area contributed by atoms with Crippen LogP contribution in [-0.2, 0) is 0 Å². The first-order chi connectivity index (χ1) is 10.7. The summed E-state index contributed by atoms with van der Waals surface area (Å²) in [5, 5.41) is 0. The smallest absolute Gasteiger partial charge is 0.223 e. The van der Waals surface area contributed by atoms with Gasteiger partial charge >= 0.3 is 0 Å². The molecule has 0 unspecified atom stereocenters. The van der Waals surface area contributed by atoms with E-state index in [1.807, 2.05) is 0 Å². The quantitative estimate of drug-likeness (QED) is 0.802.